The molecule has 96 valence electrons. The molecule has 4 rings (SSSR count). The number of hydrogen-bond donors (Lipinski definition) is 2. The van der Waals surface area contributed by atoms with Gasteiger partial charge in [-0.2, -0.15) is 0 Å². The van der Waals surface area contributed by atoms with Gasteiger partial charge in [0, 0.05) is 0 Å². The molecule has 0 amide bonds. The molecule has 0 aliphatic heterocycles. The summed E-state index contributed by atoms with van der Waals surface area (Å²) in [6.45, 7) is 0. The molecule has 3 aromatic rings. The fraction of sp³-hybridized carbons (Fsp3) is 0.286. The molecular formula is C14H14N4O. The SMILES string of the molecule is NC1(c2ncc(-c3nc4ccccc4o3)[nH]2)CCC1. The van der Waals surface area contributed by atoms with E-state index < -0.39 is 0 Å². The monoisotopic (exact) mass is 254 g/mol. The minimum absolute atomic E-state index is 0.287. The Hall–Kier alpha value is -2.14. The second-order valence-corrected chi connectivity index (χ2v) is 5.14. The molecule has 0 atom stereocenters. The topological polar surface area (TPSA) is 80.7 Å². The first-order valence-corrected chi connectivity index (χ1v) is 6.45. The van der Waals surface area contributed by atoms with Crippen molar-refractivity contribution in [3.8, 4) is 11.6 Å². The van der Waals surface area contributed by atoms with Crippen LogP contribution in [0.5, 0.6) is 0 Å². The molecule has 1 saturated carbocycles. The normalized spacial score (nSPS) is 17.5. The lowest BCUT2D eigenvalue weighted by molar-refractivity contribution is 0.240. The van der Waals surface area contributed by atoms with Crippen molar-refractivity contribution in [1.29, 1.82) is 0 Å². The Morgan fingerprint density at radius 1 is 1.26 bits per heavy atom. The Bertz CT molecular complexity index is 706. The second-order valence-electron chi connectivity index (χ2n) is 5.14. The zero-order chi connectivity index (χ0) is 12.9. The fourth-order valence-electron chi connectivity index (χ4n) is 2.46. The third-order valence-corrected chi connectivity index (χ3v) is 3.82. The van der Waals surface area contributed by atoms with Crippen LogP contribution in [0.2, 0.25) is 0 Å². The van der Waals surface area contributed by atoms with Gasteiger partial charge < -0.3 is 15.1 Å². The predicted molar refractivity (Wildman–Crippen MR) is 71.3 cm³/mol. The van der Waals surface area contributed by atoms with Crippen molar-refractivity contribution in [3.05, 3.63) is 36.3 Å². The summed E-state index contributed by atoms with van der Waals surface area (Å²) in [7, 11) is 0. The highest BCUT2D eigenvalue weighted by Crippen LogP contribution is 2.37. The maximum absolute atomic E-state index is 6.25. The summed E-state index contributed by atoms with van der Waals surface area (Å²) in [6, 6.07) is 7.70. The number of fused-ring (bicyclic) bond motifs is 1. The first-order chi connectivity index (χ1) is 9.24. The number of nitrogens with zero attached hydrogens (tertiary/aromatic N) is 2. The Morgan fingerprint density at radius 3 is 2.84 bits per heavy atom. The molecule has 0 bridgehead atoms. The molecule has 5 heteroatoms. The predicted octanol–water partition coefficient (Wildman–Crippen LogP) is 2.56. The number of benzene rings is 1. The van der Waals surface area contributed by atoms with Crippen LogP contribution in [-0.4, -0.2) is 15.0 Å². The molecule has 0 spiro atoms. The van der Waals surface area contributed by atoms with E-state index in [2.05, 4.69) is 15.0 Å². The van der Waals surface area contributed by atoms with E-state index >= 15 is 0 Å². The van der Waals surface area contributed by atoms with Crippen LogP contribution < -0.4 is 5.73 Å². The van der Waals surface area contributed by atoms with Crippen molar-refractivity contribution < 1.29 is 4.42 Å². The molecule has 3 N–H and O–H groups in total. The van der Waals surface area contributed by atoms with Gasteiger partial charge in [-0.1, -0.05) is 12.1 Å². The van der Waals surface area contributed by atoms with Crippen molar-refractivity contribution in [2.24, 2.45) is 5.73 Å². The van der Waals surface area contributed by atoms with Gasteiger partial charge in [-0.15, -0.1) is 0 Å². The highest BCUT2D eigenvalue weighted by atomic mass is 16.3. The van der Waals surface area contributed by atoms with Crippen LogP contribution in [0.3, 0.4) is 0 Å². The fourth-order valence-corrected chi connectivity index (χ4v) is 2.46. The van der Waals surface area contributed by atoms with Gasteiger partial charge >= 0.3 is 0 Å². The second kappa shape index (κ2) is 3.68. The molecule has 1 aliphatic rings. The zero-order valence-electron chi connectivity index (χ0n) is 10.4. The number of nitrogens with two attached hydrogens (primary N) is 1. The van der Waals surface area contributed by atoms with E-state index in [4.69, 9.17) is 10.2 Å². The van der Waals surface area contributed by atoms with Gasteiger partial charge in [0.05, 0.1) is 11.7 Å². The summed E-state index contributed by atoms with van der Waals surface area (Å²) >= 11 is 0. The summed E-state index contributed by atoms with van der Waals surface area (Å²) in [4.78, 5) is 12.1. The smallest absolute Gasteiger partial charge is 0.245 e. The number of rotatable bonds is 2. The van der Waals surface area contributed by atoms with Gasteiger partial charge in [-0.05, 0) is 31.4 Å². The lowest BCUT2D eigenvalue weighted by Gasteiger charge is -2.35. The molecule has 2 heterocycles. The molecular weight excluding hydrogens is 240 g/mol. The van der Waals surface area contributed by atoms with E-state index in [1.54, 1.807) is 6.20 Å². The van der Waals surface area contributed by atoms with Crippen molar-refractivity contribution in [1.82, 2.24) is 15.0 Å². The third-order valence-electron chi connectivity index (χ3n) is 3.82. The summed E-state index contributed by atoms with van der Waals surface area (Å²) in [6.07, 6.45) is 4.86. The van der Waals surface area contributed by atoms with Gasteiger partial charge in [0.2, 0.25) is 5.89 Å². The van der Waals surface area contributed by atoms with Crippen LogP contribution in [0.1, 0.15) is 25.1 Å². The van der Waals surface area contributed by atoms with Gasteiger partial charge in [0.25, 0.3) is 0 Å². The number of para-hydroxylation sites is 2. The quantitative estimate of drug-likeness (QED) is 0.736. The highest BCUT2D eigenvalue weighted by molar-refractivity contribution is 5.75. The maximum Gasteiger partial charge on any atom is 0.245 e. The molecule has 5 nitrogen and oxygen atoms in total. The number of nitrogens with one attached hydrogen (secondary N) is 1. The van der Waals surface area contributed by atoms with E-state index in [1.807, 2.05) is 24.3 Å². The number of H-pyrrole nitrogens is 1. The average Bonchev–Trinajstić information content (AvgIpc) is 3.02. The largest absolute Gasteiger partial charge is 0.435 e. The van der Waals surface area contributed by atoms with Crippen molar-refractivity contribution in [2.45, 2.75) is 24.8 Å². The third kappa shape index (κ3) is 1.58. The van der Waals surface area contributed by atoms with Crippen molar-refractivity contribution in [2.75, 3.05) is 0 Å². The van der Waals surface area contributed by atoms with E-state index in [-0.39, 0.29) is 5.54 Å². The summed E-state index contributed by atoms with van der Waals surface area (Å²) in [5, 5.41) is 0. The summed E-state index contributed by atoms with van der Waals surface area (Å²) < 4.78 is 5.71. The number of aromatic amines is 1. The summed E-state index contributed by atoms with van der Waals surface area (Å²) in [5.74, 6) is 1.39. The van der Waals surface area contributed by atoms with E-state index in [0.29, 0.717) is 5.89 Å². The minimum atomic E-state index is -0.287. The molecule has 0 unspecified atom stereocenters. The van der Waals surface area contributed by atoms with Crippen molar-refractivity contribution >= 4 is 11.1 Å². The first kappa shape index (κ1) is 10.8. The van der Waals surface area contributed by atoms with Crippen molar-refractivity contribution in [3.63, 3.8) is 0 Å². The van der Waals surface area contributed by atoms with Crippen LogP contribution in [0, 0.1) is 0 Å². The lowest BCUT2D eigenvalue weighted by Crippen LogP contribution is -2.44. The van der Waals surface area contributed by atoms with Gasteiger partial charge in [0.1, 0.15) is 17.0 Å². The van der Waals surface area contributed by atoms with E-state index in [1.165, 1.54) is 0 Å². The highest BCUT2D eigenvalue weighted by Gasteiger charge is 2.37. The average molecular weight is 254 g/mol. The summed E-state index contributed by atoms with van der Waals surface area (Å²) in [5.41, 5.74) is 8.36. The Morgan fingerprint density at radius 2 is 2.11 bits per heavy atom. The standard InChI is InChI=1S/C14H14N4O/c15-14(6-3-7-14)13-16-8-10(18-13)12-17-9-4-1-2-5-11(9)19-12/h1-2,4-5,8H,3,6-7,15H2,(H,16,18). The maximum atomic E-state index is 6.25. The number of aromatic nitrogens is 3. The van der Waals surface area contributed by atoms with Gasteiger partial charge in [-0.25, -0.2) is 9.97 Å². The number of hydrogen-bond acceptors (Lipinski definition) is 4. The molecule has 0 saturated heterocycles. The van der Waals surface area contributed by atoms with Gasteiger partial charge in [-0.3, -0.25) is 0 Å². The Labute approximate surface area is 109 Å². The van der Waals surface area contributed by atoms with E-state index in [9.17, 15) is 0 Å². The molecule has 2 aromatic heterocycles. The van der Waals surface area contributed by atoms with E-state index in [0.717, 1.165) is 41.9 Å². The minimum Gasteiger partial charge on any atom is -0.435 e. The number of imidazole rings is 1. The molecule has 1 fully saturated rings. The zero-order valence-corrected chi connectivity index (χ0v) is 10.4. The first-order valence-electron chi connectivity index (χ1n) is 6.45. The molecule has 1 aromatic carbocycles. The van der Waals surface area contributed by atoms with Crippen LogP contribution in [0.25, 0.3) is 22.7 Å². The van der Waals surface area contributed by atoms with Gasteiger partial charge in [0.15, 0.2) is 5.58 Å². The number of oxazole rings is 1. The van der Waals surface area contributed by atoms with Crippen LogP contribution in [-0.2, 0) is 5.54 Å². The van der Waals surface area contributed by atoms with Crippen LogP contribution in [0.15, 0.2) is 34.9 Å². The van der Waals surface area contributed by atoms with Crippen LogP contribution in [0.4, 0.5) is 0 Å². The molecule has 1 aliphatic carbocycles. The Kier molecular flexibility index (Phi) is 2.08. The van der Waals surface area contributed by atoms with Crippen LogP contribution >= 0.6 is 0 Å². The molecule has 0 radical (unpaired) electrons. The Balaban J connectivity index is 1.75. The molecule has 19 heavy (non-hydrogen) atoms. The lowest BCUT2D eigenvalue weighted by atomic mass is 9.77.